The van der Waals surface area contributed by atoms with E-state index in [0.29, 0.717) is 48.5 Å². The van der Waals surface area contributed by atoms with Gasteiger partial charge < -0.3 is 15.1 Å². The molecular weight excluding hydrogens is 502 g/mol. The van der Waals surface area contributed by atoms with Crippen LogP contribution < -0.4 is 0 Å². The van der Waals surface area contributed by atoms with Crippen LogP contribution in [0.5, 0.6) is 0 Å². The van der Waals surface area contributed by atoms with Crippen molar-refractivity contribution >= 4 is 16.0 Å². The van der Waals surface area contributed by atoms with Gasteiger partial charge in [-0.25, -0.2) is 0 Å². The van der Waals surface area contributed by atoms with Gasteiger partial charge in [0.2, 0.25) is 5.91 Å². The maximum Gasteiger partial charge on any atom is 0.266 e. The Morgan fingerprint density at radius 3 is 2.29 bits per heavy atom. The fourth-order valence-corrected chi connectivity index (χ4v) is 10.3. The number of hydrogen-bond donors (Lipinski definition) is 3. The Morgan fingerprint density at radius 2 is 1.63 bits per heavy atom. The fraction of sp³-hybridized carbons (Fsp3) is 0.967. The van der Waals surface area contributed by atoms with E-state index in [1.54, 1.807) is 4.90 Å². The first-order valence-corrected chi connectivity index (χ1v) is 16.9. The smallest absolute Gasteiger partial charge is 0.266 e. The molecule has 0 aromatic carbocycles. The Labute approximate surface area is 230 Å². The molecule has 220 valence electrons. The van der Waals surface area contributed by atoms with Crippen molar-refractivity contribution < 1.29 is 28.0 Å². The summed E-state index contributed by atoms with van der Waals surface area (Å²) >= 11 is 0. The van der Waals surface area contributed by atoms with Crippen LogP contribution in [0.3, 0.4) is 0 Å². The second-order valence-electron chi connectivity index (χ2n) is 14.5. The largest absolute Gasteiger partial charge is 0.393 e. The number of hydrogen-bond acceptors (Lipinski definition) is 5. The summed E-state index contributed by atoms with van der Waals surface area (Å²) < 4.78 is 31.7. The first-order chi connectivity index (χ1) is 17.7. The third-order valence-corrected chi connectivity index (χ3v) is 12.5. The zero-order valence-corrected chi connectivity index (χ0v) is 25.1. The molecule has 1 amide bonds. The van der Waals surface area contributed by atoms with Gasteiger partial charge in [-0.15, -0.1) is 0 Å². The second kappa shape index (κ2) is 11.3. The molecule has 3 N–H and O–H groups in total. The Balaban J connectivity index is 1.41. The summed E-state index contributed by atoms with van der Waals surface area (Å²) in [7, 11) is -4.11. The highest BCUT2D eigenvalue weighted by Gasteiger charge is 2.62. The van der Waals surface area contributed by atoms with Crippen molar-refractivity contribution in [3.63, 3.8) is 0 Å². The van der Waals surface area contributed by atoms with E-state index in [1.807, 2.05) is 13.8 Å². The molecule has 0 radical (unpaired) electrons. The van der Waals surface area contributed by atoms with Crippen molar-refractivity contribution in [2.45, 2.75) is 111 Å². The first-order valence-electron chi connectivity index (χ1n) is 15.2. The highest BCUT2D eigenvalue weighted by molar-refractivity contribution is 7.85. The molecule has 0 spiro atoms. The lowest BCUT2D eigenvalue weighted by Crippen LogP contribution is -2.58. The van der Waals surface area contributed by atoms with Crippen molar-refractivity contribution in [1.29, 1.82) is 0 Å². The van der Waals surface area contributed by atoms with Crippen LogP contribution in [0.25, 0.3) is 0 Å². The zero-order chi connectivity index (χ0) is 28.0. The number of fused-ring (bicyclic) bond motifs is 5. The number of nitrogens with zero attached hydrogens (tertiary/aromatic N) is 1. The molecule has 0 saturated heterocycles. The van der Waals surface area contributed by atoms with Gasteiger partial charge in [-0.3, -0.25) is 9.35 Å². The summed E-state index contributed by atoms with van der Waals surface area (Å²) in [6.07, 6.45) is 8.92. The van der Waals surface area contributed by atoms with Crippen molar-refractivity contribution in [2.75, 3.05) is 18.8 Å². The summed E-state index contributed by atoms with van der Waals surface area (Å²) in [5.74, 6) is 2.46. The Morgan fingerprint density at radius 1 is 0.974 bits per heavy atom. The minimum absolute atomic E-state index is 0.0289. The fourth-order valence-electron chi connectivity index (χ4n) is 9.87. The summed E-state index contributed by atoms with van der Waals surface area (Å²) in [5, 5.41) is 21.8. The standard InChI is InChI=1S/C30H53NO6S/c1-19(2)18-31(14-15-38(35,36)37)27(34)9-6-20(3)23-7-8-24-28-25(11-13-30(23,24)5)29(4)12-10-22(32)16-21(29)17-26(28)33/h19-26,28,32-33H,6-18H2,1-5H3,(H,35,36,37)/t20?,21-,22+,23?,24?,25?,26?,28?,29-,30+/m0/s1. The summed E-state index contributed by atoms with van der Waals surface area (Å²) in [4.78, 5) is 14.7. The summed E-state index contributed by atoms with van der Waals surface area (Å²) in [6.45, 7) is 11.7. The van der Waals surface area contributed by atoms with Crippen LogP contribution in [0, 0.1) is 52.3 Å². The van der Waals surface area contributed by atoms with Gasteiger partial charge in [0, 0.05) is 19.5 Å². The van der Waals surface area contributed by atoms with Crippen LogP contribution in [-0.2, 0) is 14.9 Å². The third-order valence-electron chi connectivity index (χ3n) is 11.8. The van der Waals surface area contributed by atoms with Gasteiger partial charge in [0.15, 0.2) is 0 Å². The van der Waals surface area contributed by atoms with Crippen LogP contribution >= 0.6 is 0 Å². The van der Waals surface area contributed by atoms with Crippen molar-refractivity contribution in [3.05, 3.63) is 0 Å². The van der Waals surface area contributed by atoms with E-state index in [0.717, 1.165) is 51.4 Å². The van der Waals surface area contributed by atoms with Crippen molar-refractivity contribution in [2.24, 2.45) is 52.3 Å². The average molecular weight is 556 g/mol. The van der Waals surface area contributed by atoms with Gasteiger partial charge in [-0.1, -0.05) is 34.6 Å². The van der Waals surface area contributed by atoms with E-state index in [4.69, 9.17) is 0 Å². The van der Waals surface area contributed by atoms with Crippen LogP contribution in [0.15, 0.2) is 0 Å². The van der Waals surface area contributed by atoms with E-state index >= 15 is 0 Å². The van der Waals surface area contributed by atoms with Gasteiger partial charge in [0.1, 0.15) is 0 Å². The van der Waals surface area contributed by atoms with Crippen molar-refractivity contribution in [3.8, 4) is 0 Å². The lowest BCUT2D eigenvalue weighted by Gasteiger charge is -2.62. The molecule has 8 heteroatoms. The number of rotatable bonds is 9. The molecule has 4 aliphatic rings. The van der Waals surface area contributed by atoms with Gasteiger partial charge in [0.25, 0.3) is 10.1 Å². The van der Waals surface area contributed by atoms with Crippen molar-refractivity contribution in [1.82, 2.24) is 4.90 Å². The quantitative estimate of drug-likeness (QED) is 0.353. The van der Waals surface area contributed by atoms with E-state index in [1.165, 1.54) is 6.42 Å². The lowest BCUT2D eigenvalue weighted by molar-refractivity contribution is -0.174. The van der Waals surface area contributed by atoms with E-state index < -0.39 is 15.9 Å². The molecule has 38 heavy (non-hydrogen) atoms. The zero-order valence-electron chi connectivity index (χ0n) is 24.3. The maximum atomic E-state index is 13.1. The highest BCUT2D eigenvalue weighted by Crippen LogP contribution is 2.68. The molecule has 10 atom stereocenters. The number of carbonyl (C=O) groups excluding carboxylic acids is 1. The molecular formula is C30H53NO6S. The van der Waals surface area contributed by atoms with Crippen LogP contribution in [0.1, 0.15) is 98.8 Å². The number of amides is 1. The van der Waals surface area contributed by atoms with Gasteiger partial charge in [-0.05, 0) is 110 Å². The summed E-state index contributed by atoms with van der Waals surface area (Å²) in [5.41, 5.74) is 0.396. The maximum absolute atomic E-state index is 13.1. The first kappa shape index (κ1) is 30.3. The molecule has 0 aromatic rings. The Hall–Kier alpha value is -0.700. The third kappa shape index (κ3) is 5.99. The molecule has 4 fully saturated rings. The van der Waals surface area contributed by atoms with Crippen LogP contribution in [0.4, 0.5) is 0 Å². The molecule has 0 bridgehead atoms. The molecule has 4 saturated carbocycles. The average Bonchev–Trinajstić information content (AvgIpc) is 3.17. The topological polar surface area (TPSA) is 115 Å². The predicted molar refractivity (Wildman–Crippen MR) is 149 cm³/mol. The van der Waals surface area contributed by atoms with Gasteiger partial charge >= 0.3 is 0 Å². The lowest BCUT2D eigenvalue weighted by atomic mass is 9.43. The minimum Gasteiger partial charge on any atom is -0.393 e. The van der Waals surface area contributed by atoms with E-state index in [9.17, 15) is 28.0 Å². The van der Waals surface area contributed by atoms with Gasteiger partial charge in [-0.2, -0.15) is 8.42 Å². The number of carbonyl (C=O) groups is 1. The minimum atomic E-state index is -4.11. The predicted octanol–water partition coefficient (Wildman–Crippen LogP) is 4.77. The van der Waals surface area contributed by atoms with E-state index in [2.05, 4.69) is 20.8 Å². The monoisotopic (exact) mass is 555 g/mol. The number of aliphatic hydroxyl groups is 2. The van der Waals surface area contributed by atoms with Crippen LogP contribution in [0.2, 0.25) is 0 Å². The molecule has 7 nitrogen and oxygen atoms in total. The molecule has 0 aromatic heterocycles. The number of aliphatic hydroxyl groups excluding tert-OH is 2. The molecule has 4 aliphatic carbocycles. The van der Waals surface area contributed by atoms with Gasteiger partial charge in [0.05, 0.1) is 18.0 Å². The molecule has 0 aliphatic heterocycles. The van der Waals surface area contributed by atoms with Crippen LogP contribution in [-0.4, -0.2) is 65.0 Å². The molecule has 4 rings (SSSR count). The molecule has 0 heterocycles. The SMILES string of the molecule is CC(C)CN(CCS(=O)(=O)O)C(=O)CCC(C)C1CCC2C3C(O)C[C@@H]4C[C@H](O)CC[C@]4(C)C3CC[C@]12C. The molecule has 6 unspecified atom stereocenters. The Kier molecular flexibility index (Phi) is 8.99. The second-order valence-corrected chi connectivity index (χ2v) is 16.1. The normalized spacial score (nSPS) is 41.8. The summed E-state index contributed by atoms with van der Waals surface area (Å²) in [6, 6.07) is 0. The van der Waals surface area contributed by atoms with E-state index in [-0.39, 0.29) is 41.4 Å². The Bertz CT molecular complexity index is 954. The highest BCUT2D eigenvalue weighted by atomic mass is 32.2.